The van der Waals surface area contributed by atoms with Crippen LogP contribution in [0.2, 0.25) is 0 Å². The molecule has 0 aromatic rings. The van der Waals surface area contributed by atoms with Crippen LogP contribution < -0.4 is 0 Å². The third kappa shape index (κ3) is 3.48. The fourth-order valence-corrected chi connectivity index (χ4v) is 1.17. The summed E-state index contributed by atoms with van der Waals surface area (Å²) in [7, 11) is 0. The second-order valence-corrected chi connectivity index (χ2v) is 2.37. The van der Waals surface area contributed by atoms with Gasteiger partial charge < -0.3 is 0 Å². The van der Waals surface area contributed by atoms with E-state index in [4.69, 9.17) is 5.26 Å². The van der Waals surface area contributed by atoms with Crippen LogP contribution in [0.4, 0.5) is 0 Å². The molecule has 1 saturated carbocycles. The number of rotatable bonds is 1. The third-order valence-electron chi connectivity index (χ3n) is 1.70. The minimum Gasteiger partial charge on any atom is -0.252 e. The van der Waals surface area contributed by atoms with Crippen molar-refractivity contribution in [3.05, 3.63) is 0 Å². The van der Waals surface area contributed by atoms with E-state index in [2.05, 4.69) is 4.89 Å². The van der Waals surface area contributed by atoms with Crippen molar-refractivity contribution in [1.82, 2.24) is 0 Å². The van der Waals surface area contributed by atoms with E-state index in [-0.39, 0.29) is 31.9 Å². The van der Waals surface area contributed by atoms with Gasteiger partial charge in [0.2, 0.25) is 0 Å². The molecule has 1 aliphatic rings. The molecule has 9 heavy (non-hydrogen) atoms. The van der Waals surface area contributed by atoms with Crippen LogP contribution in [0.15, 0.2) is 0 Å². The van der Waals surface area contributed by atoms with E-state index in [1.807, 2.05) is 0 Å². The largest absolute Gasteiger partial charge is 0.252 e. The van der Waals surface area contributed by atoms with Crippen LogP contribution in [0.5, 0.6) is 0 Å². The maximum atomic E-state index is 8.19. The van der Waals surface area contributed by atoms with E-state index in [0.29, 0.717) is 0 Å². The van der Waals surface area contributed by atoms with Crippen molar-refractivity contribution in [3.63, 3.8) is 0 Å². The van der Waals surface area contributed by atoms with Gasteiger partial charge in [-0.1, -0.05) is 19.3 Å². The first kappa shape index (κ1) is 9.79. The SMILES string of the molecule is OOC1CCCCC1.[Hf]. The molecule has 0 unspecified atom stereocenters. The smallest absolute Gasteiger partial charge is 0.0927 e. The fraction of sp³-hybridized carbons (Fsp3) is 1.00. The van der Waals surface area contributed by atoms with E-state index < -0.39 is 0 Å². The molecule has 3 heteroatoms. The van der Waals surface area contributed by atoms with E-state index in [1.165, 1.54) is 19.3 Å². The Balaban J connectivity index is 0.000000640. The van der Waals surface area contributed by atoms with Gasteiger partial charge in [-0.15, -0.1) is 0 Å². The van der Waals surface area contributed by atoms with Gasteiger partial charge >= 0.3 is 0 Å². The summed E-state index contributed by atoms with van der Waals surface area (Å²) >= 11 is 0. The van der Waals surface area contributed by atoms with Crippen molar-refractivity contribution >= 4 is 0 Å². The molecule has 1 fully saturated rings. The summed E-state index contributed by atoms with van der Waals surface area (Å²) in [5.41, 5.74) is 0. The molecule has 0 radical (unpaired) electrons. The molecule has 0 amide bonds. The quantitative estimate of drug-likeness (QED) is 0.454. The summed E-state index contributed by atoms with van der Waals surface area (Å²) in [6.45, 7) is 0. The standard InChI is InChI=1S/C6H12O2.Hf/c7-8-6-4-2-1-3-5-6;/h6-7H,1-5H2;. The molecule has 0 aliphatic heterocycles. The topological polar surface area (TPSA) is 29.5 Å². The second kappa shape index (κ2) is 5.57. The van der Waals surface area contributed by atoms with Crippen LogP contribution in [0.25, 0.3) is 0 Å². The average Bonchev–Trinajstić information content (AvgIpc) is 1.90. The van der Waals surface area contributed by atoms with Crippen LogP contribution in [-0.4, -0.2) is 11.4 Å². The first-order chi connectivity index (χ1) is 3.93. The van der Waals surface area contributed by atoms with Gasteiger partial charge in [0.25, 0.3) is 0 Å². The molecule has 1 aliphatic carbocycles. The van der Waals surface area contributed by atoms with Gasteiger partial charge in [0.15, 0.2) is 0 Å². The van der Waals surface area contributed by atoms with Crippen molar-refractivity contribution in [3.8, 4) is 0 Å². The molecule has 0 spiro atoms. The second-order valence-electron chi connectivity index (χ2n) is 2.37. The summed E-state index contributed by atoms with van der Waals surface area (Å²) in [5.74, 6) is 0. The van der Waals surface area contributed by atoms with Crippen molar-refractivity contribution in [1.29, 1.82) is 0 Å². The zero-order valence-corrected chi connectivity index (χ0v) is 9.06. The molecular formula is C6H12HfO2. The Morgan fingerprint density at radius 1 is 1.11 bits per heavy atom. The molecule has 0 aromatic heterocycles. The predicted molar refractivity (Wildman–Crippen MR) is 30.6 cm³/mol. The monoisotopic (exact) mass is 296 g/mol. The van der Waals surface area contributed by atoms with Crippen molar-refractivity contribution < 1.29 is 36.0 Å². The zero-order chi connectivity index (χ0) is 5.82. The van der Waals surface area contributed by atoms with Crippen molar-refractivity contribution in [2.75, 3.05) is 0 Å². The van der Waals surface area contributed by atoms with E-state index in [1.54, 1.807) is 0 Å². The Bertz CT molecular complexity index is 62.1. The van der Waals surface area contributed by atoms with E-state index in [9.17, 15) is 0 Å². The molecule has 0 heterocycles. The fourth-order valence-electron chi connectivity index (χ4n) is 1.17. The Labute approximate surface area is 74.3 Å². The van der Waals surface area contributed by atoms with Gasteiger partial charge in [-0.05, 0) is 12.8 Å². The van der Waals surface area contributed by atoms with Crippen LogP contribution >= 0.6 is 0 Å². The van der Waals surface area contributed by atoms with Gasteiger partial charge in [-0.2, -0.15) is 0 Å². The summed E-state index contributed by atoms with van der Waals surface area (Å²) in [4.78, 5) is 4.19. The molecule has 0 saturated heterocycles. The minimum atomic E-state index is 0. The molecule has 0 atom stereocenters. The summed E-state index contributed by atoms with van der Waals surface area (Å²) in [6, 6.07) is 0. The van der Waals surface area contributed by atoms with Gasteiger partial charge in [0.1, 0.15) is 0 Å². The van der Waals surface area contributed by atoms with Crippen LogP contribution in [0.3, 0.4) is 0 Å². The number of hydrogen-bond acceptors (Lipinski definition) is 2. The summed E-state index contributed by atoms with van der Waals surface area (Å²) in [5, 5.41) is 8.19. The van der Waals surface area contributed by atoms with E-state index >= 15 is 0 Å². The maximum Gasteiger partial charge on any atom is 0.0927 e. The average molecular weight is 295 g/mol. The van der Waals surface area contributed by atoms with Crippen LogP contribution in [-0.2, 0) is 30.7 Å². The Morgan fingerprint density at radius 2 is 1.67 bits per heavy atom. The number of hydrogen-bond donors (Lipinski definition) is 1. The molecule has 2 nitrogen and oxygen atoms in total. The Morgan fingerprint density at radius 3 is 2.00 bits per heavy atom. The molecule has 1 rings (SSSR count). The molecular weight excluding hydrogens is 283 g/mol. The predicted octanol–water partition coefficient (Wildman–Crippen LogP) is 1.81. The summed E-state index contributed by atoms with van der Waals surface area (Å²) in [6.07, 6.45) is 5.95. The first-order valence-electron chi connectivity index (χ1n) is 3.23. The van der Waals surface area contributed by atoms with E-state index in [0.717, 1.165) is 12.8 Å². The summed E-state index contributed by atoms with van der Waals surface area (Å²) < 4.78 is 0. The van der Waals surface area contributed by atoms with Gasteiger partial charge in [-0.3, -0.25) is 5.26 Å². The van der Waals surface area contributed by atoms with Crippen molar-refractivity contribution in [2.24, 2.45) is 0 Å². The normalized spacial score (nSPS) is 21.0. The Hall–Kier alpha value is 0.790. The van der Waals surface area contributed by atoms with Crippen molar-refractivity contribution in [2.45, 2.75) is 38.2 Å². The third-order valence-corrected chi connectivity index (χ3v) is 1.70. The molecule has 0 aromatic carbocycles. The van der Waals surface area contributed by atoms with Gasteiger partial charge in [0.05, 0.1) is 6.10 Å². The first-order valence-corrected chi connectivity index (χ1v) is 3.23. The minimum absolute atomic E-state index is 0. The zero-order valence-electron chi connectivity index (χ0n) is 5.47. The maximum absolute atomic E-state index is 8.19. The molecule has 1 N–H and O–H groups in total. The van der Waals surface area contributed by atoms with Gasteiger partial charge in [-0.25, -0.2) is 4.89 Å². The van der Waals surface area contributed by atoms with Gasteiger partial charge in [0, 0.05) is 25.8 Å². The van der Waals surface area contributed by atoms with Crippen LogP contribution in [0, 0.1) is 0 Å². The Kier molecular flexibility index (Phi) is 6.05. The van der Waals surface area contributed by atoms with Crippen LogP contribution in [0.1, 0.15) is 32.1 Å². The molecule has 52 valence electrons. The molecule has 0 bridgehead atoms.